The van der Waals surface area contributed by atoms with Crippen molar-refractivity contribution in [2.45, 2.75) is 20.5 Å². The molecule has 1 N–H and O–H groups in total. The summed E-state index contributed by atoms with van der Waals surface area (Å²) in [5, 5.41) is 3.29. The number of carbonyl (C=O) groups is 3. The van der Waals surface area contributed by atoms with Crippen molar-refractivity contribution in [2.24, 2.45) is 0 Å². The van der Waals surface area contributed by atoms with Crippen LogP contribution in [0.1, 0.15) is 22.3 Å². The molecule has 0 bridgehead atoms. The third-order valence-electron chi connectivity index (χ3n) is 5.45. The molecule has 1 saturated heterocycles. The van der Waals surface area contributed by atoms with E-state index in [4.69, 9.17) is 27.9 Å². The maximum Gasteiger partial charge on any atom is 0.335 e. The van der Waals surface area contributed by atoms with Gasteiger partial charge in [-0.1, -0.05) is 47.5 Å². The van der Waals surface area contributed by atoms with Gasteiger partial charge in [0.1, 0.15) is 17.9 Å². The Hall–Kier alpha value is -3.61. The van der Waals surface area contributed by atoms with Crippen LogP contribution in [0.3, 0.4) is 0 Å². The van der Waals surface area contributed by atoms with Gasteiger partial charge in [-0.3, -0.25) is 14.9 Å². The van der Waals surface area contributed by atoms with Crippen LogP contribution < -0.4 is 15.0 Å². The number of anilines is 1. The van der Waals surface area contributed by atoms with Gasteiger partial charge in [-0.2, -0.15) is 0 Å². The Morgan fingerprint density at radius 2 is 1.65 bits per heavy atom. The molecule has 0 saturated carbocycles. The number of hydrogen-bond acceptors (Lipinski definition) is 4. The van der Waals surface area contributed by atoms with Crippen molar-refractivity contribution in [3.63, 3.8) is 0 Å². The molecule has 0 aliphatic carbocycles. The molecule has 1 fully saturated rings. The zero-order chi connectivity index (χ0) is 24.4. The SMILES string of the molecule is Cc1ccc(N2C(=O)NC(=O)/C(=C\c3ccc(OCc4ccc(Cl)cc4Cl)cc3)C2=O)cc1C. The smallest absolute Gasteiger partial charge is 0.335 e. The summed E-state index contributed by atoms with van der Waals surface area (Å²) in [7, 11) is 0. The standard InChI is InChI=1S/C26H20Cl2N2O4/c1-15-3-8-20(11-16(15)2)30-25(32)22(24(31)29-26(30)33)12-17-4-9-21(10-5-17)34-14-18-6-7-19(27)13-23(18)28/h3-13H,14H2,1-2H3,(H,29,31,33)/b22-12+. The number of amides is 4. The fraction of sp³-hybridized carbons (Fsp3) is 0.115. The van der Waals surface area contributed by atoms with Gasteiger partial charge < -0.3 is 4.74 Å². The predicted octanol–water partition coefficient (Wildman–Crippen LogP) is 5.86. The lowest BCUT2D eigenvalue weighted by atomic mass is 10.1. The lowest BCUT2D eigenvalue weighted by Crippen LogP contribution is -2.54. The van der Waals surface area contributed by atoms with Crippen LogP contribution in [0.5, 0.6) is 5.75 Å². The van der Waals surface area contributed by atoms with Crippen LogP contribution in [0, 0.1) is 13.8 Å². The Bertz CT molecular complexity index is 1330. The molecule has 172 valence electrons. The van der Waals surface area contributed by atoms with E-state index < -0.39 is 17.8 Å². The van der Waals surface area contributed by atoms with Gasteiger partial charge in [0, 0.05) is 15.6 Å². The van der Waals surface area contributed by atoms with Gasteiger partial charge in [0.15, 0.2) is 0 Å². The number of urea groups is 1. The average Bonchev–Trinajstić information content (AvgIpc) is 2.79. The van der Waals surface area contributed by atoms with Gasteiger partial charge in [0.25, 0.3) is 11.8 Å². The van der Waals surface area contributed by atoms with E-state index in [1.165, 1.54) is 6.08 Å². The van der Waals surface area contributed by atoms with Gasteiger partial charge in [0.2, 0.25) is 0 Å². The van der Waals surface area contributed by atoms with Gasteiger partial charge >= 0.3 is 6.03 Å². The van der Waals surface area contributed by atoms with Crippen LogP contribution in [0.4, 0.5) is 10.5 Å². The number of benzene rings is 3. The fourth-order valence-corrected chi connectivity index (χ4v) is 3.85. The zero-order valence-electron chi connectivity index (χ0n) is 18.4. The first kappa shape index (κ1) is 23.5. The lowest BCUT2D eigenvalue weighted by molar-refractivity contribution is -0.122. The summed E-state index contributed by atoms with van der Waals surface area (Å²) in [6.07, 6.45) is 1.44. The van der Waals surface area contributed by atoms with E-state index in [0.29, 0.717) is 27.0 Å². The third kappa shape index (κ3) is 4.98. The molecular weight excluding hydrogens is 475 g/mol. The number of nitrogens with zero attached hydrogens (tertiary/aromatic N) is 1. The fourth-order valence-electron chi connectivity index (χ4n) is 3.38. The van der Waals surface area contributed by atoms with Crippen LogP contribution in [-0.4, -0.2) is 17.8 Å². The summed E-state index contributed by atoms with van der Waals surface area (Å²) < 4.78 is 5.76. The molecule has 0 radical (unpaired) electrons. The Morgan fingerprint density at radius 3 is 2.32 bits per heavy atom. The Labute approximate surface area is 206 Å². The number of halogens is 2. The first-order valence-electron chi connectivity index (χ1n) is 10.4. The van der Waals surface area contributed by atoms with E-state index in [2.05, 4.69) is 5.32 Å². The van der Waals surface area contributed by atoms with Gasteiger partial charge in [-0.05, 0) is 73.0 Å². The van der Waals surface area contributed by atoms with Gasteiger partial charge in [0.05, 0.1) is 5.69 Å². The van der Waals surface area contributed by atoms with Crippen molar-refractivity contribution in [3.05, 3.63) is 98.5 Å². The number of imide groups is 2. The van der Waals surface area contributed by atoms with Crippen molar-refractivity contribution < 1.29 is 19.1 Å². The molecule has 1 aliphatic rings. The van der Waals surface area contributed by atoms with E-state index >= 15 is 0 Å². The number of hydrogen-bond donors (Lipinski definition) is 1. The van der Waals surface area contributed by atoms with Crippen molar-refractivity contribution in [1.29, 1.82) is 0 Å². The predicted molar refractivity (Wildman–Crippen MR) is 132 cm³/mol. The van der Waals surface area contributed by atoms with Crippen LogP contribution in [0.2, 0.25) is 10.0 Å². The summed E-state index contributed by atoms with van der Waals surface area (Å²) >= 11 is 12.1. The molecule has 3 aromatic carbocycles. The summed E-state index contributed by atoms with van der Waals surface area (Å²) in [4.78, 5) is 38.8. The highest BCUT2D eigenvalue weighted by atomic mass is 35.5. The molecule has 4 amide bonds. The van der Waals surface area contributed by atoms with E-state index in [1.54, 1.807) is 54.6 Å². The number of aryl methyl sites for hydroxylation is 2. The maximum atomic E-state index is 13.1. The normalized spacial score (nSPS) is 15.0. The molecule has 0 aromatic heterocycles. The van der Waals surface area contributed by atoms with Crippen molar-refractivity contribution >= 4 is 52.8 Å². The number of carbonyl (C=O) groups excluding carboxylic acids is 3. The molecule has 3 aromatic rings. The molecule has 4 rings (SSSR count). The summed E-state index contributed by atoms with van der Waals surface area (Å²) in [6.45, 7) is 4.07. The molecule has 1 aliphatic heterocycles. The van der Waals surface area contributed by atoms with E-state index in [1.807, 2.05) is 19.9 Å². The van der Waals surface area contributed by atoms with E-state index in [0.717, 1.165) is 21.6 Å². The minimum Gasteiger partial charge on any atom is -0.489 e. The molecule has 1 heterocycles. The zero-order valence-corrected chi connectivity index (χ0v) is 19.9. The Morgan fingerprint density at radius 1 is 0.912 bits per heavy atom. The second kappa shape index (κ2) is 9.71. The molecule has 0 unspecified atom stereocenters. The second-order valence-corrected chi connectivity index (χ2v) is 8.66. The Balaban J connectivity index is 1.52. The quantitative estimate of drug-likeness (QED) is 0.356. The highest BCUT2D eigenvalue weighted by Crippen LogP contribution is 2.26. The number of nitrogens with one attached hydrogen (secondary N) is 1. The molecule has 34 heavy (non-hydrogen) atoms. The first-order valence-corrected chi connectivity index (χ1v) is 11.1. The summed E-state index contributed by atoms with van der Waals surface area (Å²) in [6, 6.07) is 16.5. The molecule has 0 atom stereocenters. The minimum absolute atomic E-state index is 0.139. The number of ether oxygens (including phenoxy) is 1. The van der Waals surface area contributed by atoms with Crippen LogP contribution in [0.25, 0.3) is 6.08 Å². The second-order valence-electron chi connectivity index (χ2n) is 7.82. The molecular formula is C26H20Cl2N2O4. The molecule has 0 spiro atoms. The van der Waals surface area contributed by atoms with Gasteiger partial charge in [-0.25, -0.2) is 9.69 Å². The summed E-state index contributed by atoms with van der Waals surface area (Å²) in [5.41, 5.74) is 3.60. The highest BCUT2D eigenvalue weighted by molar-refractivity contribution is 6.39. The van der Waals surface area contributed by atoms with Crippen LogP contribution in [0.15, 0.2) is 66.2 Å². The van der Waals surface area contributed by atoms with Gasteiger partial charge in [-0.15, -0.1) is 0 Å². The molecule has 8 heteroatoms. The molecule has 6 nitrogen and oxygen atoms in total. The van der Waals surface area contributed by atoms with Crippen LogP contribution in [-0.2, 0) is 16.2 Å². The third-order valence-corrected chi connectivity index (χ3v) is 6.04. The highest BCUT2D eigenvalue weighted by Gasteiger charge is 2.36. The first-order chi connectivity index (χ1) is 16.2. The average molecular weight is 495 g/mol. The Kier molecular flexibility index (Phi) is 6.72. The van der Waals surface area contributed by atoms with Crippen LogP contribution >= 0.6 is 23.2 Å². The largest absolute Gasteiger partial charge is 0.489 e. The van der Waals surface area contributed by atoms with Crippen molar-refractivity contribution in [2.75, 3.05) is 4.90 Å². The van der Waals surface area contributed by atoms with E-state index in [9.17, 15) is 14.4 Å². The van der Waals surface area contributed by atoms with Crippen molar-refractivity contribution in [3.8, 4) is 5.75 Å². The number of rotatable bonds is 5. The topological polar surface area (TPSA) is 75.7 Å². The number of barbiturate groups is 1. The lowest BCUT2D eigenvalue weighted by Gasteiger charge is -2.26. The van der Waals surface area contributed by atoms with Crippen molar-refractivity contribution in [1.82, 2.24) is 5.32 Å². The summed E-state index contributed by atoms with van der Waals surface area (Å²) in [5.74, 6) is -0.845. The minimum atomic E-state index is -0.778. The van der Waals surface area contributed by atoms with E-state index in [-0.39, 0.29) is 12.2 Å². The maximum absolute atomic E-state index is 13.1. The monoisotopic (exact) mass is 494 g/mol.